The van der Waals surface area contributed by atoms with Crippen LogP contribution in [0.4, 0.5) is 4.39 Å². The first-order chi connectivity index (χ1) is 12.1. The summed E-state index contributed by atoms with van der Waals surface area (Å²) < 4.78 is 13.0. The minimum atomic E-state index is -0.256. The smallest absolute Gasteiger partial charge is 0.223 e. The third-order valence-electron chi connectivity index (χ3n) is 4.94. The van der Waals surface area contributed by atoms with E-state index in [0.717, 1.165) is 38.0 Å². The number of halogens is 1. The van der Waals surface area contributed by atoms with Gasteiger partial charge in [0.1, 0.15) is 5.82 Å². The average molecular weight is 340 g/mol. The molecule has 1 heterocycles. The number of hydrogen-bond acceptors (Lipinski definition) is 2. The molecule has 0 aliphatic carbocycles. The molecule has 2 aromatic carbocycles. The van der Waals surface area contributed by atoms with E-state index < -0.39 is 0 Å². The number of rotatable bonds is 5. The lowest BCUT2D eigenvalue weighted by atomic mass is 9.95. The molecule has 4 heteroatoms. The molecule has 0 radical (unpaired) electrons. The first-order valence-electron chi connectivity index (χ1n) is 8.94. The summed E-state index contributed by atoms with van der Waals surface area (Å²) in [5.74, 6) is -0.0841. The lowest BCUT2D eigenvalue weighted by Gasteiger charge is -2.32. The lowest BCUT2D eigenvalue weighted by Crippen LogP contribution is -2.40. The summed E-state index contributed by atoms with van der Waals surface area (Å²) in [5.41, 5.74) is 2.24. The van der Waals surface area contributed by atoms with E-state index in [2.05, 4.69) is 34.5 Å². The molecule has 3 rings (SSSR count). The van der Waals surface area contributed by atoms with Crippen molar-refractivity contribution in [3.63, 3.8) is 0 Å². The maximum Gasteiger partial charge on any atom is 0.223 e. The molecule has 1 saturated heterocycles. The van der Waals surface area contributed by atoms with Crippen molar-refractivity contribution >= 4 is 5.91 Å². The molecule has 0 aromatic heterocycles. The largest absolute Gasteiger partial charge is 0.349 e. The number of likely N-dealkylation sites (tertiary alicyclic amines) is 1. The van der Waals surface area contributed by atoms with Crippen LogP contribution in [0.25, 0.3) is 0 Å². The second-order valence-electron chi connectivity index (χ2n) is 6.82. The van der Waals surface area contributed by atoms with Gasteiger partial charge < -0.3 is 5.32 Å². The van der Waals surface area contributed by atoms with Crippen molar-refractivity contribution in [1.82, 2.24) is 10.2 Å². The minimum Gasteiger partial charge on any atom is -0.349 e. The topological polar surface area (TPSA) is 32.3 Å². The number of benzene rings is 2. The lowest BCUT2D eigenvalue weighted by molar-refractivity contribution is -0.127. The van der Waals surface area contributed by atoms with Crippen LogP contribution in [-0.2, 0) is 11.3 Å². The number of nitrogens with zero attached hydrogens (tertiary/aromatic N) is 1. The van der Waals surface area contributed by atoms with Crippen LogP contribution < -0.4 is 5.32 Å². The highest BCUT2D eigenvalue weighted by Gasteiger charge is 2.25. The Bertz CT molecular complexity index is 679. The Kier molecular flexibility index (Phi) is 5.82. The van der Waals surface area contributed by atoms with Gasteiger partial charge in [-0.05, 0) is 56.1 Å². The van der Waals surface area contributed by atoms with E-state index in [-0.39, 0.29) is 23.7 Å². The van der Waals surface area contributed by atoms with Gasteiger partial charge in [0, 0.05) is 12.5 Å². The average Bonchev–Trinajstić information content (AvgIpc) is 2.63. The van der Waals surface area contributed by atoms with E-state index in [1.807, 2.05) is 13.0 Å². The quantitative estimate of drug-likeness (QED) is 0.895. The molecule has 132 valence electrons. The zero-order chi connectivity index (χ0) is 17.6. The number of nitrogens with one attached hydrogen (secondary N) is 1. The van der Waals surface area contributed by atoms with Gasteiger partial charge in [-0.3, -0.25) is 9.69 Å². The van der Waals surface area contributed by atoms with Crippen LogP contribution in [0.15, 0.2) is 54.6 Å². The molecular weight excluding hydrogens is 315 g/mol. The van der Waals surface area contributed by atoms with E-state index in [4.69, 9.17) is 0 Å². The fourth-order valence-electron chi connectivity index (χ4n) is 3.36. The molecule has 1 aliphatic rings. The SMILES string of the molecule is C[C@H](NC(=O)C1CCN(Cc2ccccc2)CC1)c1ccc(F)cc1. The van der Waals surface area contributed by atoms with Crippen LogP contribution in [0.3, 0.4) is 0 Å². The van der Waals surface area contributed by atoms with Gasteiger partial charge in [0.25, 0.3) is 0 Å². The summed E-state index contributed by atoms with van der Waals surface area (Å²) >= 11 is 0. The molecule has 3 nitrogen and oxygen atoms in total. The van der Waals surface area contributed by atoms with Crippen molar-refractivity contribution in [2.75, 3.05) is 13.1 Å². The molecular formula is C21H25FN2O. The van der Waals surface area contributed by atoms with E-state index in [1.165, 1.54) is 17.7 Å². The summed E-state index contributed by atoms with van der Waals surface area (Å²) in [5, 5.41) is 3.07. The molecule has 1 N–H and O–H groups in total. The Balaban J connectivity index is 1.47. The Morgan fingerprint density at radius 2 is 1.76 bits per heavy atom. The first-order valence-corrected chi connectivity index (χ1v) is 8.94. The molecule has 0 unspecified atom stereocenters. The van der Waals surface area contributed by atoms with Crippen molar-refractivity contribution < 1.29 is 9.18 Å². The Morgan fingerprint density at radius 1 is 1.12 bits per heavy atom. The fourth-order valence-corrected chi connectivity index (χ4v) is 3.36. The number of amides is 1. The van der Waals surface area contributed by atoms with Crippen LogP contribution in [-0.4, -0.2) is 23.9 Å². The number of carbonyl (C=O) groups is 1. The number of hydrogen-bond donors (Lipinski definition) is 1. The Morgan fingerprint density at radius 3 is 2.40 bits per heavy atom. The van der Waals surface area contributed by atoms with Crippen LogP contribution in [0.2, 0.25) is 0 Å². The van der Waals surface area contributed by atoms with Crippen LogP contribution >= 0.6 is 0 Å². The second-order valence-corrected chi connectivity index (χ2v) is 6.82. The van der Waals surface area contributed by atoms with Crippen LogP contribution in [0, 0.1) is 11.7 Å². The van der Waals surface area contributed by atoms with Crippen LogP contribution in [0.1, 0.15) is 36.9 Å². The first kappa shape index (κ1) is 17.6. The summed E-state index contributed by atoms with van der Waals surface area (Å²) in [6.07, 6.45) is 1.77. The van der Waals surface area contributed by atoms with Gasteiger partial charge in [-0.1, -0.05) is 42.5 Å². The molecule has 1 aliphatic heterocycles. The van der Waals surface area contributed by atoms with Crippen molar-refractivity contribution in [2.45, 2.75) is 32.4 Å². The fraction of sp³-hybridized carbons (Fsp3) is 0.381. The normalized spacial score (nSPS) is 17.2. The Hall–Kier alpha value is -2.20. The van der Waals surface area contributed by atoms with E-state index >= 15 is 0 Å². The van der Waals surface area contributed by atoms with Crippen molar-refractivity contribution in [1.29, 1.82) is 0 Å². The van der Waals surface area contributed by atoms with E-state index in [0.29, 0.717) is 0 Å². The van der Waals surface area contributed by atoms with Gasteiger partial charge in [-0.2, -0.15) is 0 Å². The molecule has 1 atom stereocenters. The highest BCUT2D eigenvalue weighted by Crippen LogP contribution is 2.21. The van der Waals surface area contributed by atoms with Gasteiger partial charge in [0.15, 0.2) is 0 Å². The maximum absolute atomic E-state index is 13.0. The third kappa shape index (κ3) is 4.89. The van der Waals surface area contributed by atoms with Gasteiger partial charge in [-0.25, -0.2) is 4.39 Å². The monoisotopic (exact) mass is 340 g/mol. The highest BCUT2D eigenvalue weighted by molar-refractivity contribution is 5.79. The predicted molar refractivity (Wildman–Crippen MR) is 97.4 cm³/mol. The maximum atomic E-state index is 13.0. The molecule has 1 amide bonds. The minimum absolute atomic E-state index is 0.0647. The Labute approximate surface area is 148 Å². The predicted octanol–water partition coefficient (Wildman–Crippen LogP) is 3.92. The van der Waals surface area contributed by atoms with Crippen LogP contribution in [0.5, 0.6) is 0 Å². The summed E-state index contributed by atoms with van der Waals surface area (Å²) in [4.78, 5) is 14.9. The molecule has 0 bridgehead atoms. The van der Waals surface area contributed by atoms with Crippen molar-refractivity contribution in [3.8, 4) is 0 Å². The van der Waals surface area contributed by atoms with Gasteiger partial charge in [0.2, 0.25) is 5.91 Å². The molecule has 25 heavy (non-hydrogen) atoms. The van der Waals surface area contributed by atoms with Crippen molar-refractivity contribution in [2.24, 2.45) is 5.92 Å². The van der Waals surface area contributed by atoms with Gasteiger partial charge in [0.05, 0.1) is 6.04 Å². The molecule has 2 aromatic rings. The van der Waals surface area contributed by atoms with E-state index in [1.54, 1.807) is 12.1 Å². The van der Waals surface area contributed by atoms with Gasteiger partial charge >= 0.3 is 0 Å². The number of piperidine rings is 1. The number of carbonyl (C=O) groups excluding carboxylic acids is 1. The zero-order valence-electron chi connectivity index (χ0n) is 14.6. The molecule has 1 fully saturated rings. The molecule has 0 saturated carbocycles. The second kappa shape index (κ2) is 8.26. The highest BCUT2D eigenvalue weighted by atomic mass is 19.1. The third-order valence-corrected chi connectivity index (χ3v) is 4.94. The van der Waals surface area contributed by atoms with Gasteiger partial charge in [-0.15, -0.1) is 0 Å². The van der Waals surface area contributed by atoms with E-state index in [9.17, 15) is 9.18 Å². The molecule has 0 spiro atoms. The summed E-state index contributed by atoms with van der Waals surface area (Å²) in [6, 6.07) is 16.6. The summed E-state index contributed by atoms with van der Waals surface area (Å²) in [7, 11) is 0. The van der Waals surface area contributed by atoms with Crippen molar-refractivity contribution in [3.05, 3.63) is 71.5 Å². The zero-order valence-corrected chi connectivity index (χ0v) is 14.6. The standard InChI is InChI=1S/C21H25FN2O/c1-16(18-7-9-20(22)10-8-18)23-21(25)19-11-13-24(14-12-19)15-17-5-3-2-4-6-17/h2-10,16,19H,11-15H2,1H3,(H,23,25)/t16-/m0/s1. The summed E-state index contributed by atoms with van der Waals surface area (Å²) in [6.45, 7) is 4.77.